The fraction of sp³-hybridized carbons (Fsp3) is 0.100. The van der Waals surface area contributed by atoms with Crippen LogP contribution in [-0.2, 0) is 4.79 Å². The average molecular weight is 287 g/mol. The van der Waals surface area contributed by atoms with Crippen molar-refractivity contribution in [2.45, 2.75) is 4.90 Å². The van der Waals surface area contributed by atoms with Crippen molar-refractivity contribution in [1.82, 2.24) is 0 Å². The summed E-state index contributed by atoms with van der Waals surface area (Å²) >= 11 is 7.12. The predicted octanol–water partition coefficient (Wildman–Crippen LogP) is 2.43. The Morgan fingerprint density at radius 1 is 1.56 bits per heavy atom. The Morgan fingerprint density at radius 3 is 2.89 bits per heavy atom. The molecule has 2 rings (SSSR count). The van der Waals surface area contributed by atoms with E-state index in [1.807, 2.05) is 0 Å². The van der Waals surface area contributed by atoms with Gasteiger partial charge in [-0.15, -0.1) is 11.8 Å². The van der Waals surface area contributed by atoms with Gasteiger partial charge in [0.05, 0.1) is 10.6 Å². The molecule has 0 bridgehead atoms. The standard InChI is InChI=1S/C10H7ClN2O4S/c11-5-1-2-6-8(3-5)18-4-7(12-6)9(10(14)15)13(16)17/h1-3,12H,4H2,(H,14,15)/b9-7+. The van der Waals surface area contributed by atoms with Crippen molar-refractivity contribution in [3.63, 3.8) is 0 Å². The number of nitro groups is 1. The van der Waals surface area contributed by atoms with E-state index in [0.29, 0.717) is 10.7 Å². The number of fused-ring (bicyclic) bond motifs is 1. The van der Waals surface area contributed by atoms with Crippen molar-refractivity contribution >= 4 is 35.0 Å². The van der Waals surface area contributed by atoms with Gasteiger partial charge >= 0.3 is 11.7 Å². The van der Waals surface area contributed by atoms with E-state index in [4.69, 9.17) is 16.7 Å². The number of nitrogens with zero attached hydrogens (tertiary/aromatic N) is 1. The molecular weight excluding hydrogens is 280 g/mol. The fourth-order valence-electron chi connectivity index (χ4n) is 1.51. The number of hydrogen-bond donors (Lipinski definition) is 2. The molecule has 18 heavy (non-hydrogen) atoms. The molecule has 1 aromatic rings. The van der Waals surface area contributed by atoms with Gasteiger partial charge in [-0.05, 0) is 18.2 Å². The molecule has 1 aliphatic rings. The minimum Gasteiger partial charge on any atom is -0.473 e. The highest BCUT2D eigenvalue weighted by Crippen LogP contribution is 2.37. The van der Waals surface area contributed by atoms with Crippen LogP contribution in [0.5, 0.6) is 0 Å². The Hall–Kier alpha value is -1.73. The molecule has 0 atom stereocenters. The maximum absolute atomic E-state index is 10.8. The summed E-state index contributed by atoms with van der Waals surface area (Å²) < 4.78 is 0. The number of benzene rings is 1. The predicted molar refractivity (Wildman–Crippen MR) is 67.5 cm³/mol. The number of carboxylic acids is 1. The third-order valence-electron chi connectivity index (χ3n) is 2.27. The van der Waals surface area contributed by atoms with E-state index in [-0.39, 0.29) is 11.4 Å². The minimum atomic E-state index is -1.56. The van der Waals surface area contributed by atoms with Gasteiger partial charge in [-0.2, -0.15) is 0 Å². The Kier molecular flexibility index (Phi) is 3.44. The topological polar surface area (TPSA) is 92.5 Å². The molecule has 0 fully saturated rings. The largest absolute Gasteiger partial charge is 0.473 e. The van der Waals surface area contributed by atoms with Crippen molar-refractivity contribution in [3.8, 4) is 0 Å². The molecule has 8 heteroatoms. The van der Waals surface area contributed by atoms with Crippen LogP contribution in [0, 0.1) is 10.1 Å². The smallest absolute Gasteiger partial charge is 0.409 e. The molecule has 0 saturated carbocycles. The Morgan fingerprint density at radius 2 is 2.28 bits per heavy atom. The van der Waals surface area contributed by atoms with Crippen LogP contribution in [0.2, 0.25) is 5.02 Å². The van der Waals surface area contributed by atoms with Gasteiger partial charge in [-0.25, -0.2) is 4.79 Å². The van der Waals surface area contributed by atoms with Gasteiger partial charge in [0.15, 0.2) is 0 Å². The van der Waals surface area contributed by atoms with Gasteiger partial charge < -0.3 is 10.4 Å². The van der Waals surface area contributed by atoms with E-state index < -0.39 is 16.6 Å². The molecule has 0 amide bonds. The van der Waals surface area contributed by atoms with Crippen LogP contribution in [-0.4, -0.2) is 21.8 Å². The third-order valence-corrected chi connectivity index (χ3v) is 3.59. The lowest BCUT2D eigenvalue weighted by molar-refractivity contribution is -0.422. The lowest BCUT2D eigenvalue weighted by Crippen LogP contribution is -2.20. The Bertz CT molecular complexity index is 557. The molecule has 0 saturated heterocycles. The van der Waals surface area contributed by atoms with Crippen LogP contribution in [0.1, 0.15) is 0 Å². The first kappa shape index (κ1) is 12.7. The van der Waals surface area contributed by atoms with Crippen molar-refractivity contribution < 1.29 is 14.8 Å². The number of anilines is 1. The summed E-state index contributed by atoms with van der Waals surface area (Å²) in [4.78, 5) is 21.5. The zero-order valence-corrected chi connectivity index (χ0v) is 10.4. The maximum Gasteiger partial charge on any atom is 0.409 e. The molecule has 0 radical (unpaired) electrons. The lowest BCUT2D eigenvalue weighted by atomic mass is 10.2. The molecule has 94 valence electrons. The summed E-state index contributed by atoms with van der Waals surface area (Å²) in [5.74, 6) is -1.36. The Balaban J connectivity index is 2.42. The molecule has 1 heterocycles. The number of halogens is 1. The van der Waals surface area contributed by atoms with Crippen molar-refractivity contribution in [1.29, 1.82) is 0 Å². The van der Waals surface area contributed by atoms with E-state index in [1.54, 1.807) is 18.2 Å². The SMILES string of the molecule is O=C(O)/C(=C1/CSc2cc(Cl)ccc2N1)[N+](=O)[O-]. The van der Waals surface area contributed by atoms with Crippen molar-refractivity contribution in [2.24, 2.45) is 0 Å². The first-order chi connectivity index (χ1) is 8.49. The molecule has 0 aliphatic carbocycles. The van der Waals surface area contributed by atoms with Crippen LogP contribution >= 0.6 is 23.4 Å². The number of carboxylic acid groups (broad SMARTS) is 1. The molecule has 1 aliphatic heterocycles. The highest BCUT2D eigenvalue weighted by atomic mass is 35.5. The van der Waals surface area contributed by atoms with Crippen LogP contribution in [0.4, 0.5) is 5.69 Å². The van der Waals surface area contributed by atoms with Gasteiger partial charge in [0.2, 0.25) is 0 Å². The van der Waals surface area contributed by atoms with E-state index in [2.05, 4.69) is 5.32 Å². The summed E-state index contributed by atoms with van der Waals surface area (Å²) in [6, 6.07) is 5.00. The highest BCUT2D eigenvalue weighted by molar-refractivity contribution is 7.99. The third kappa shape index (κ3) is 2.41. The molecule has 1 aromatic carbocycles. The van der Waals surface area contributed by atoms with Gasteiger partial charge in [0.25, 0.3) is 0 Å². The summed E-state index contributed by atoms with van der Waals surface area (Å²) in [5.41, 5.74) is -0.137. The first-order valence-corrected chi connectivity index (χ1v) is 6.15. The fourth-order valence-corrected chi connectivity index (χ4v) is 2.74. The molecule has 0 unspecified atom stereocenters. The van der Waals surface area contributed by atoms with Crippen molar-refractivity contribution in [2.75, 3.05) is 11.1 Å². The summed E-state index contributed by atoms with van der Waals surface area (Å²) in [6.45, 7) is 0. The maximum atomic E-state index is 10.8. The number of aliphatic carboxylic acids is 1. The molecular formula is C10H7ClN2O4S. The molecule has 6 nitrogen and oxygen atoms in total. The average Bonchev–Trinajstić information content (AvgIpc) is 2.28. The number of carbonyl (C=O) groups is 1. The minimum absolute atomic E-state index is 0.0762. The first-order valence-electron chi connectivity index (χ1n) is 4.79. The van der Waals surface area contributed by atoms with Gasteiger partial charge in [-0.3, -0.25) is 10.1 Å². The van der Waals surface area contributed by atoms with E-state index in [1.165, 1.54) is 11.8 Å². The van der Waals surface area contributed by atoms with E-state index in [0.717, 1.165) is 4.90 Å². The second-order valence-electron chi connectivity index (χ2n) is 3.44. The number of hydrogen-bond acceptors (Lipinski definition) is 5. The monoisotopic (exact) mass is 286 g/mol. The highest BCUT2D eigenvalue weighted by Gasteiger charge is 2.29. The van der Waals surface area contributed by atoms with Gasteiger partial charge in [0, 0.05) is 15.7 Å². The van der Waals surface area contributed by atoms with Crippen LogP contribution in [0.15, 0.2) is 34.5 Å². The summed E-state index contributed by atoms with van der Waals surface area (Å²) in [5, 5.41) is 22.8. The summed E-state index contributed by atoms with van der Waals surface area (Å²) in [7, 11) is 0. The number of thioether (sulfide) groups is 1. The second kappa shape index (κ2) is 4.87. The normalized spacial score (nSPS) is 16.5. The Labute approximate surface area is 111 Å². The molecule has 0 aromatic heterocycles. The van der Waals surface area contributed by atoms with E-state index in [9.17, 15) is 14.9 Å². The quantitative estimate of drug-likeness (QED) is 0.493. The summed E-state index contributed by atoms with van der Waals surface area (Å²) in [6.07, 6.45) is 0. The van der Waals surface area contributed by atoms with Crippen LogP contribution in [0.25, 0.3) is 0 Å². The van der Waals surface area contributed by atoms with Crippen molar-refractivity contribution in [3.05, 3.63) is 44.7 Å². The number of rotatable bonds is 2. The zero-order chi connectivity index (χ0) is 13.3. The molecule has 2 N–H and O–H groups in total. The van der Waals surface area contributed by atoms with Crippen LogP contribution < -0.4 is 5.32 Å². The zero-order valence-electron chi connectivity index (χ0n) is 8.84. The second-order valence-corrected chi connectivity index (χ2v) is 4.90. The lowest BCUT2D eigenvalue weighted by Gasteiger charge is -2.19. The number of nitrogens with one attached hydrogen (secondary N) is 1. The van der Waals surface area contributed by atoms with Crippen LogP contribution in [0.3, 0.4) is 0 Å². The van der Waals surface area contributed by atoms with E-state index >= 15 is 0 Å². The molecule has 0 spiro atoms. The van der Waals surface area contributed by atoms with Gasteiger partial charge in [-0.1, -0.05) is 11.6 Å². The van der Waals surface area contributed by atoms with Gasteiger partial charge in [0.1, 0.15) is 5.70 Å².